The number of thiophene rings is 1. The summed E-state index contributed by atoms with van der Waals surface area (Å²) in [6.07, 6.45) is 0.947. The van der Waals surface area contributed by atoms with Crippen LogP contribution >= 0.6 is 22.9 Å². The van der Waals surface area contributed by atoms with Gasteiger partial charge in [0.05, 0.1) is 17.2 Å². The van der Waals surface area contributed by atoms with Crippen LogP contribution in [-0.2, 0) is 4.74 Å². The average molecular weight is 220 g/mol. The van der Waals surface area contributed by atoms with Crippen molar-refractivity contribution in [2.75, 3.05) is 7.11 Å². The van der Waals surface area contributed by atoms with Crippen LogP contribution in [0.4, 0.5) is 0 Å². The lowest BCUT2D eigenvalue weighted by Gasteiger charge is -2.20. The molecule has 0 aliphatic rings. The van der Waals surface area contributed by atoms with E-state index in [4.69, 9.17) is 22.1 Å². The van der Waals surface area contributed by atoms with Crippen molar-refractivity contribution in [1.29, 1.82) is 0 Å². The third-order valence-corrected chi connectivity index (χ3v) is 3.51. The molecule has 0 radical (unpaired) electrons. The van der Waals surface area contributed by atoms with E-state index in [0.717, 1.165) is 16.3 Å². The summed E-state index contributed by atoms with van der Waals surface area (Å²) < 4.78 is 5.26. The van der Waals surface area contributed by atoms with Crippen LogP contribution in [0.2, 0.25) is 5.02 Å². The second-order valence-electron chi connectivity index (χ2n) is 2.84. The smallest absolute Gasteiger partial charge is 0.0769 e. The van der Waals surface area contributed by atoms with Crippen molar-refractivity contribution in [1.82, 2.24) is 0 Å². The fraction of sp³-hybridized carbons (Fsp3) is 0.556. The Bertz CT molecular complexity index is 260. The van der Waals surface area contributed by atoms with Gasteiger partial charge < -0.3 is 10.5 Å². The van der Waals surface area contributed by atoms with E-state index in [9.17, 15) is 0 Å². The first-order valence-electron chi connectivity index (χ1n) is 4.22. The lowest BCUT2D eigenvalue weighted by atomic mass is 10.1. The van der Waals surface area contributed by atoms with E-state index in [1.54, 1.807) is 18.4 Å². The molecule has 2 nitrogen and oxygen atoms in total. The van der Waals surface area contributed by atoms with E-state index in [-0.39, 0.29) is 12.1 Å². The number of halogens is 1. The van der Waals surface area contributed by atoms with E-state index < -0.39 is 0 Å². The molecule has 0 aliphatic heterocycles. The molecule has 1 aromatic heterocycles. The third kappa shape index (κ3) is 2.44. The molecular weight excluding hydrogens is 206 g/mol. The summed E-state index contributed by atoms with van der Waals surface area (Å²) in [5.74, 6) is 0. The summed E-state index contributed by atoms with van der Waals surface area (Å²) in [5, 5.41) is 2.69. The Hall–Kier alpha value is -0.0900. The van der Waals surface area contributed by atoms with Crippen LogP contribution in [0.3, 0.4) is 0 Å². The van der Waals surface area contributed by atoms with Crippen LogP contribution in [0.1, 0.15) is 24.3 Å². The summed E-state index contributed by atoms with van der Waals surface area (Å²) in [7, 11) is 1.68. The first-order valence-corrected chi connectivity index (χ1v) is 5.47. The van der Waals surface area contributed by atoms with E-state index >= 15 is 0 Å². The van der Waals surface area contributed by atoms with Gasteiger partial charge in [-0.15, -0.1) is 11.3 Å². The highest BCUT2D eigenvalue weighted by molar-refractivity contribution is 7.10. The Morgan fingerprint density at radius 3 is 2.77 bits per heavy atom. The Morgan fingerprint density at radius 2 is 2.38 bits per heavy atom. The molecule has 13 heavy (non-hydrogen) atoms. The molecule has 0 fully saturated rings. The fourth-order valence-corrected chi connectivity index (χ4v) is 2.52. The van der Waals surface area contributed by atoms with Crippen LogP contribution < -0.4 is 5.73 Å². The molecular formula is C9H14ClNOS. The monoisotopic (exact) mass is 219 g/mol. The fourth-order valence-electron chi connectivity index (χ4n) is 1.28. The SMILES string of the molecule is CCC(OC)C(N)c1sccc1Cl. The van der Waals surface area contributed by atoms with Crippen LogP contribution in [-0.4, -0.2) is 13.2 Å². The molecule has 1 aromatic rings. The van der Waals surface area contributed by atoms with Gasteiger partial charge in [-0.3, -0.25) is 0 Å². The Kier molecular flexibility index (Phi) is 4.19. The summed E-state index contributed by atoms with van der Waals surface area (Å²) in [4.78, 5) is 1.01. The largest absolute Gasteiger partial charge is 0.379 e. The maximum Gasteiger partial charge on any atom is 0.0769 e. The average Bonchev–Trinajstić information content (AvgIpc) is 2.53. The zero-order chi connectivity index (χ0) is 9.84. The van der Waals surface area contributed by atoms with Crippen molar-refractivity contribution in [2.45, 2.75) is 25.5 Å². The predicted molar refractivity (Wildman–Crippen MR) is 57.3 cm³/mol. The van der Waals surface area contributed by atoms with Crippen LogP contribution in [0.25, 0.3) is 0 Å². The normalized spacial score (nSPS) is 15.7. The third-order valence-electron chi connectivity index (χ3n) is 2.05. The molecule has 2 unspecified atom stereocenters. The summed E-state index contributed by atoms with van der Waals surface area (Å²) >= 11 is 7.55. The van der Waals surface area contributed by atoms with Crippen molar-refractivity contribution in [3.63, 3.8) is 0 Å². The second kappa shape index (κ2) is 4.96. The minimum absolute atomic E-state index is 0.0520. The lowest BCUT2D eigenvalue weighted by Crippen LogP contribution is -2.26. The molecule has 4 heteroatoms. The van der Waals surface area contributed by atoms with Gasteiger partial charge in [0, 0.05) is 12.0 Å². The zero-order valence-corrected chi connectivity index (χ0v) is 9.36. The minimum Gasteiger partial charge on any atom is -0.379 e. The van der Waals surface area contributed by atoms with Crippen LogP contribution in [0.5, 0.6) is 0 Å². The van der Waals surface area contributed by atoms with E-state index in [1.807, 2.05) is 11.4 Å². The highest BCUT2D eigenvalue weighted by atomic mass is 35.5. The first kappa shape index (κ1) is 11.0. The molecule has 0 aromatic carbocycles. The second-order valence-corrected chi connectivity index (χ2v) is 4.20. The van der Waals surface area contributed by atoms with Crippen molar-refractivity contribution < 1.29 is 4.74 Å². The number of rotatable bonds is 4. The van der Waals surface area contributed by atoms with Gasteiger partial charge in [0.1, 0.15) is 0 Å². The molecule has 0 amide bonds. The molecule has 0 saturated heterocycles. The predicted octanol–water partition coefficient (Wildman–Crippen LogP) is 2.83. The highest BCUT2D eigenvalue weighted by Gasteiger charge is 2.20. The van der Waals surface area contributed by atoms with Crippen molar-refractivity contribution in [3.8, 4) is 0 Å². The molecule has 1 rings (SSSR count). The Labute approximate surface area is 87.7 Å². The number of hydrogen-bond acceptors (Lipinski definition) is 3. The molecule has 0 saturated carbocycles. The van der Waals surface area contributed by atoms with Crippen LogP contribution in [0.15, 0.2) is 11.4 Å². The van der Waals surface area contributed by atoms with E-state index in [1.165, 1.54) is 0 Å². The topological polar surface area (TPSA) is 35.2 Å². The number of methoxy groups -OCH3 is 1. The molecule has 2 atom stereocenters. The molecule has 1 heterocycles. The molecule has 74 valence electrons. The van der Waals surface area contributed by atoms with Crippen molar-refractivity contribution in [3.05, 3.63) is 21.3 Å². The number of nitrogens with two attached hydrogens (primary N) is 1. The van der Waals surface area contributed by atoms with Crippen LogP contribution in [0, 0.1) is 0 Å². The van der Waals surface area contributed by atoms with Gasteiger partial charge in [-0.1, -0.05) is 18.5 Å². The highest BCUT2D eigenvalue weighted by Crippen LogP contribution is 2.30. The van der Waals surface area contributed by atoms with Gasteiger partial charge in [-0.05, 0) is 17.9 Å². The molecule has 2 N–H and O–H groups in total. The van der Waals surface area contributed by atoms with Gasteiger partial charge in [-0.2, -0.15) is 0 Å². The summed E-state index contributed by atoms with van der Waals surface area (Å²) in [5.41, 5.74) is 6.01. The quantitative estimate of drug-likeness (QED) is 0.845. The van der Waals surface area contributed by atoms with Gasteiger partial charge in [-0.25, -0.2) is 0 Å². The standard InChI is InChI=1S/C9H14ClNOS/c1-3-7(12-2)8(11)9-6(10)4-5-13-9/h4-5,7-8H,3,11H2,1-2H3. The summed E-state index contributed by atoms with van der Waals surface area (Å²) in [6, 6.07) is 1.76. The van der Waals surface area contributed by atoms with Gasteiger partial charge >= 0.3 is 0 Å². The van der Waals surface area contributed by atoms with Gasteiger partial charge in [0.15, 0.2) is 0 Å². The maximum atomic E-state index is 6.01. The molecule has 0 spiro atoms. The number of ether oxygens (including phenoxy) is 1. The lowest BCUT2D eigenvalue weighted by molar-refractivity contribution is 0.0781. The summed E-state index contributed by atoms with van der Waals surface area (Å²) in [6.45, 7) is 2.05. The Morgan fingerprint density at radius 1 is 1.69 bits per heavy atom. The van der Waals surface area contributed by atoms with Gasteiger partial charge in [0.25, 0.3) is 0 Å². The van der Waals surface area contributed by atoms with Gasteiger partial charge in [0.2, 0.25) is 0 Å². The minimum atomic E-state index is -0.109. The Balaban J connectivity index is 2.77. The van der Waals surface area contributed by atoms with Crippen molar-refractivity contribution in [2.24, 2.45) is 5.73 Å². The van der Waals surface area contributed by atoms with Crippen molar-refractivity contribution >= 4 is 22.9 Å². The maximum absolute atomic E-state index is 6.01. The first-order chi connectivity index (χ1) is 6.20. The molecule has 0 bridgehead atoms. The zero-order valence-electron chi connectivity index (χ0n) is 7.79. The van der Waals surface area contributed by atoms with E-state index in [2.05, 4.69) is 6.92 Å². The van der Waals surface area contributed by atoms with E-state index in [0.29, 0.717) is 0 Å². The molecule has 0 aliphatic carbocycles. The number of hydrogen-bond donors (Lipinski definition) is 1.